The van der Waals surface area contributed by atoms with E-state index in [-0.39, 0.29) is 11.9 Å². The summed E-state index contributed by atoms with van der Waals surface area (Å²) in [5.74, 6) is 0.621. The average molecular weight is 275 g/mol. The lowest BCUT2D eigenvalue weighted by Crippen LogP contribution is -2.26. The van der Waals surface area contributed by atoms with Crippen molar-refractivity contribution < 1.29 is 4.39 Å². The Morgan fingerprint density at radius 3 is 2.68 bits per heavy atom. The number of aryl methyl sites for hydroxylation is 1. The molecule has 0 radical (unpaired) electrons. The zero-order valence-corrected chi connectivity index (χ0v) is 11.8. The number of benzene rings is 2. The maximum Gasteiger partial charge on any atom is 0.126 e. The summed E-state index contributed by atoms with van der Waals surface area (Å²) in [4.78, 5) is 1.21. The molecular formula is C16H18FNS. The van der Waals surface area contributed by atoms with Crippen LogP contribution >= 0.6 is 11.8 Å². The minimum atomic E-state index is -0.168. The van der Waals surface area contributed by atoms with E-state index in [4.69, 9.17) is 5.73 Å². The lowest BCUT2D eigenvalue weighted by Gasteiger charge is -2.12. The van der Waals surface area contributed by atoms with Crippen molar-refractivity contribution >= 4 is 11.8 Å². The average Bonchev–Trinajstić information content (AvgIpc) is 2.39. The van der Waals surface area contributed by atoms with Crippen LogP contribution in [0.15, 0.2) is 53.4 Å². The van der Waals surface area contributed by atoms with Crippen LogP contribution in [0.1, 0.15) is 11.1 Å². The summed E-state index contributed by atoms with van der Waals surface area (Å²) in [6, 6.07) is 15.1. The molecule has 100 valence electrons. The molecule has 1 nitrogen and oxygen atoms in total. The van der Waals surface area contributed by atoms with E-state index in [2.05, 4.69) is 25.1 Å². The van der Waals surface area contributed by atoms with Crippen molar-refractivity contribution in [1.29, 1.82) is 0 Å². The quantitative estimate of drug-likeness (QED) is 0.840. The molecule has 1 unspecified atom stereocenters. The molecule has 0 bridgehead atoms. The third-order valence-corrected chi connectivity index (χ3v) is 4.08. The summed E-state index contributed by atoms with van der Waals surface area (Å²) in [5.41, 5.74) is 8.01. The van der Waals surface area contributed by atoms with Gasteiger partial charge in [-0.1, -0.05) is 35.9 Å². The highest BCUT2D eigenvalue weighted by Gasteiger charge is 2.08. The second-order valence-corrected chi connectivity index (χ2v) is 5.78. The number of hydrogen-bond acceptors (Lipinski definition) is 2. The van der Waals surface area contributed by atoms with Gasteiger partial charge in [-0.05, 0) is 37.1 Å². The first-order valence-corrected chi connectivity index (χ1v) is 7.32. The van der Waals surface area contributed by atoms with Crippen LogP contribution < -0.4 is 5.73 Å². The van der Waals surface area contributed by atoms with Crippen molar-refractivity contribution in [1.82, 2.24) is 0 Å². The van der Waals surface area contributed by atoms with Crippen molar-refractivity contribution in [2.75, 3.05) is 5.75 Å². The number of hydrogen-bond donors (Lipinski definition) is 1. The molecule has 0 aliphatic rings. The Hall–Kier alpha value is -1.32. The molecule has 0 aliphatic carbocycles. The topological polar surface area (TPSA) is 26.0 Å². The number of rotatable bonds is 5. The summed E-state index contributed by atoms with van der Waals surface area (Å²) in [5, 5.41) is 0. The van der Waals surface area contributed by atoms with Crippen LogP contribution in [0.4, 0.5) is 4.39 Å². The molecular weight excluding hydrogens is 257 g/mol. The van der Waals surface area contributed by atoms with Gasteiger partial charge >= 0.3 is 0 Å². The van der Waals surface area contributed by atoms with Gasteiger partial charge in [0.15, 0.2) is 0 Å². The van der Waals surface area contributed by atoms with Gasteiger partial charge in [0.1, 0.15) is 5.82 Å². The maximum absolute atomic E-state index is 13.5. The normalized spacial score (nSPS) is 12.4. The largest absolute Gasteiger partial charge is 0.327 e. The van der Waals surface area contributed by atoms with Crippen LogP contribution in [0.25, 0.3) is 0 Å². The molecule has 0 spiro atoms. The van der Waals surface area contributed by atoms with Gasteiger partial charge in [0.25, 0.3) is 0 Å². The molecule has 2 N–H and O–H groups in total. The minimum absolute atomic E-state index is 0.0394. The van der Waals surface area contributed by atoms with Crippen molar-refractivity contribution in [2.24, 2.45) is 5.73 Å². The number of nitrogens with two attached hydrogens (primary N) is 1. The fourth-order valence-electron chi connectivity index (χ4n) is 1.91. The van der Waals surface area contributed by atoms with E-state index in [0.717, 1.165) is 5.75 Å². The molecule has 2 rings (SSSR count). The van der Waals surface area contributed by atoms with E-state index in [1.165, 1.54) is 16.5 Å². The van der Waals surface area contributed by atoms with E-state index < -0.39 is 0 Å². The lowest BCUT2D eigenvalue weighted by molar-refractivity contribution is 0.597. The van der Waals surface area contributed by atoms with Crippen molar-refractivity contribution in [3.63, 3.8) is 0 Å². The van der Waals surface area contributed by atoms with Crippen LogP contribution in [0.2, 0.25) is 0 Å². The van der Waals surface area contributed by atoms with Gasteiger partial charge in [-0.2, -0.15) is 0 Å². The van der Waals surface area contributed by atoms with Gasteiger partial charge in [-0.3, -0.25) is 0 Å². The molecule has 2 aromatic rings. The standard InChI is InChI=1S/C16H18FNS/c1-12-5-4-7-15(9-12)19-11-14(18)10-13-6-2-3-8-16(13)17/h2-9,14H,10-11,18H2,1H3. The van der Waals surface area contributed by atoms with E-state index in [1.807, 2.05) is 12.1 Å². The predicted molar refractivity (Wildman–Crippen MR) is 80.0 cm³/mol. The van der Waals surface area contributed by atoms with Gasteiger partial charge in [-0.15, -0.1) is 11.8 Å². The summed E-state index contributed by atoms with van der Waals surface area (Å²) in [6.07, 6.45) is 0.575. The highest BCUT2D eigenvalue weighted by atomic mass is 32.2. The van der Waals surface area contributed by atoms with E-state index in [9.17, 15) is 4.39 Å². The molecule has 0 heterocycles. The maximum atomic E-state index is 13.5. The molecule has 19 heavy (non-hydrogen) atoms. The van der Waals surface area contributed by atoms with Crippen LogP contribution in [0.3, 0.4) is 0 Å². The fourth-order valence-corrected chi connectivity index (χ4v) is 2.88. The Morgan fingerprint density at radius 2 is 1.95 bits per heavy atom. The summed E-state index contributed by atoms with van der Waals surface area (Å²) < 4.78 is 13.5. The predicted octanol–water partition coefficient (Wildman–Crippen LogP) is 3.80. The molecule has 0 aromatic heterocycles. The van der Waals surface area contributed by atoms with E-state index >= 15 is 0 Å². The first kappa shape index (κ1) is 14.1. The van der Waals surface area contributed by atoms with Gasteiger partial charge in [0.05, 0.1) is 0 Å². The van der Waals surface area contributed by atoms with Crippen LogP contribution in [-0.4, -0.2) is 11.8 Å². The fraction of sp³-hybridized carbons (Fsp3) is 0.250. The highest BCUT2D eigenvalue weighted by molar-refractivity contribution is 7.99. The highest BCUT2D eigenvalue weighted by Crippen LogP contribution is 2.20. The molecule has 0 amide bonds. The Bertz CT molecular complexity index is 542. The monoisotopic (exact) mass is 275 g/mol. The first-order valence-electron chi connectivity index (χ1n) is 6.33. The molecule has 1 atom stereocenters. The van der Waals surface area contributed by atoms with E-state index in [0.29, 0.717) is 12.0 Å². The smallest absolute Gasteiger partial charge is 0.126 e. The Labute approximate surface area is 118 Å². The SMILES string of the molecule is Cc1cccc(SCC(N)Cc2ccccc2F)c1. The van der Waals surface area contributed by atoms with E-state index in [1.54, 1.807) is 23.9 Å². The Balaban J connectivity index is 1.88. The second-order valence-electron chi connectivity index (χ2n) is 4.68. The third kappa shape index (κ3) is 4.37. The molecule has 0 aliphatic heterocycles. The zero-order chi connectivity index (χ0) is 13.7. The number of halogens is 1. The summed E-state index contributed by atoms with van der Waals surface area (Å²) in [7, 11) is 0. The molecule has 0 fully saturated rings. The molecule has 0 saturated carbocycles. The lowest BCUT2D eigenvalue weighted by atomic mass is 10.1. The third-order valence-electron chi connectivity index (χ3n) is 2.89. The second kappa shape index (κ2) is 6.73. The van der Waals surface area contributed by atoms with Crippen molar-refractivity contribution in [3.05, 3.63) is 65.5 Å². The van der Waals surface area contributed by atoms with Crippen LogP contribution in [0, 0.1) is 12.7 Å². The van der Waals surface area contributed by atoms with Gasteiger partial charge in [0, 0.05) is 16.7 Å². The van der Waals surface area contributed by atoms with Crippen LogP contribution in [0.5, 0.6) is 0 Å². The van der Waals surface area contributed by atoms with Crippen molar-refractivity contribution in [3.8, 4) is 0 Å². The Morgan fingerprint density at radius 1 is 1.16 bits per heavy atom. The molecule has 2 aromatic carbocycles. The molecule has 0 saturated heterocycles. The zero-order valence-electron chi connectivity index (χ0n) is 11.0. The van der Waals surface area contributed by atoms with Gasteiger partial charge < -0.3 is 5.73 Å². The summed E-state index contributed by atoms with van der Waals surface area (Å²) in [6.45, 7) is 2.07. The Kier molecular flexibility index (Phi) is 5.00. The minimum Gasteiger partial charge on any atom is -0.327 e. The van der Waals surface area contributed by atoms with Crippen LogP contribution in [-0.2, 0) is 6.42 Å². The molecule has 3 heteroatoms. The van der Waals surface area contributed by atoms with Crippen molar-refractivity contribution in [2.45, 2.75) is 24.3 Å². The van der Waals surface area contributed by atoms with Gasteiger partial charge in [0.2, 0.25) is 0 Å². The van der Waals surface area contributed by atoms with Gasteiger partial charge in [-0.25, -0.2) is 4.39 Å². The summed E-state index contributed by atoms with van der Waals surface area (Å²) >= 11 is 1.72. The number of thioether (sulfide) groups is 1. The first-order chi connectivity index (χ1) is 9.15.